The van der Waals surface area contributed by atoms with E-state index < -0.39 is 0 Å². The summed E-state index contributed by atoms with van der Waals surface area (Å²) in [6.07, 6.45) is 4.07. The Morgan fingerprint density at radius 3 is 3.00 bits per heavy atom. The summed E-state index contributed by atoms with van der Waals surface area (Å²) in [6.45, 7) is 4.24. The van der Waals surface area contributed by atoms with Gasteiger partial charge in [-0.25, -0.2) is 0 Å². The van der Waals surface area contributed by atoms with Gasteiger partial charge in [-0.15, -0.1) is 0 Å². The highest BCUT2D eigenvalue weighted by Gasteiger charge is 2.32. The highest BCUT2D eigenvalue weighted by molar-refractivity contribution is 5.12. The average molecular weight is 208 g/mol. The fraction of sp³-hybridized carbons (Fsp3) is 0.727. The lowest BCUT2D eigenvalue weighted by atomic mass is 10.1. The lowest BCUT2D eigenvalue weighted by Gasteiger charge is -2.23. The van der Waals surface area contributed by atoms with Gasteiger partial charge in [0.05, 0.1) is 11.7 Å². The molecule has 2 rings (SSSR count). The van der Waals surface area contributed by atoms with E-state index in [1.165, 1.54) is 5.69 Å². The summed E-state index contributed by atoms with van der Waals surface area (Å²) in [5, 5.41) is 4.35. The second-order valence-corrected chi connectivity index (χ2v) is 4.36. The normalized spacial score (nSPS) is 27.4. The molecule has 2 unspecified atom stereocenters. The van der Waals surface area contributed by atoms with E-state index in [4.69, 9.17) is 5.73 Å². The highest BCUT2D eigenvalue weighted by atomic mass is 15.3. The minimum absolute atomic E-state index is 0.252. The molecule has 0 bridgehead atoms. The quantitative estimate of drug-likeness (QED) is 0.806. The van der Waals surface area contributed by atoms with Crippen LogP contribution in [0.4, 0.5) is 0 Å². The summed E-state index contributed by atoms with van der Waals surface area (Å²) >= 11 is 0. The molecule has 2 N–H and O–H groups in total. The summed E-state index contributed by atoms with van der Waals surface area (Å²) < 4.78 is 2.09. The van der Waals surface area contributed by atoms with Gasteiger partial charge in [0.15, 0.2) is 0 Å². The van der Waals surface area contributed by atoms with E-state index >= 15 is 0 Å². The molecule has 2 atom stereocenters. The van der Waals surface area contributed by atoms with Crippen LogP contribution < -0.4 is 5.73 Å². The zero-order valence-electron chi connectivity index (χ0n) is 9.56. The first-order valence-corrected chi connectivity index (χ1v) is 5.71. The van der Waals surface area contributed by atoms with Crippen LogP contribution in [-0.2, 0) is 6.54 Å². The molecule has 1 aliphatic heterocycles. The van der Waals surface area contributed by atoms with Crippen LogP contribution in [0.2, 0.25) is 0 Å². The predicted octanol–water partition coefficient (Wildman–Crippen LogP) is 0.997. The summed E-state index contributed by atoms with van der Waals surface area (Å²) in [4.78, 5) is 2.33. The number of likely N-dealkylation sites (tertiary alicyclic amines) is 1. The standard InChI is InChI=1S/C11H20N4/c1-3-7-15-10(4-6-13-15)11-9(12)5-8-14(11)2/h4,6,9,11H,3,5,7-8,12H2,1-2H3. The first kappa shape index (κ1) is 10.6. The van der Waals surface area contributed by atoms with Crippen LogP contribution in [0, 0.1) is 0 Å². The van der Waals surface area contributed by atoms with Gasteiger partial charge in [0.25, 0.3) is 0 Å². The molecule has 0 amide bonds. The number of aryl methyl sites for hydroxylation is 1. The molecule has 1 aromatic heterocycles. The summed E-state index contributed by atoms with van der Waals surface area (Å²) in [7, 11) is 2.14. The van der Waals surface area contributed by atoms with E-state index in [0.29, 0.717) is 6.04 Å². The van der Waals surface area contributed by atoms with Crippen molar-refractivity contribution in [1.82, 2.24) is 14.7 Å². The van der Waals surface area contributed by atoms with Crippen molar-refractivity contribution in [2.24, 2.45) is 5.73 Å². The van der Waals surface area contributed by atoms with Crippen LogP contribution in [-0.4, -0.2) is 34.3 Å². The van der Waals surface area contributed by atoms with Crippen molar-refractivity contribution in [3.8, 4) is 0 Å². The van der Waals surface area contributed by atoms with Gasteiger partial charge >= 0.3 is 0 Å². The molecule has 2 heterocycles. The fourth-order valence-electron chi connectivity index (χ4n) is 2.41. The number of nitrogens with zero attached hydrogens (tertiary/aromatic N) is 3. The number of nitrogens with two attached hydrogens (primary N) is 1. The van der Waals surface area contributed by atoms with E-state index in [0.717, 1.165) is 25.9 Å². The molecule has 1 aromatic rings. The van der Waals surface area contributed by atoms with E-state index in [-0.39, 0.29) is 6.04 Å². The van der Waals surface area contributed by atoms with Crippen LogP contribution in [0.1, 0.15) is 31.5 Å². The number of hydrogen-bond donors (Lipinski definition) is 1. The molecule has 1 saturated heterocycles. The van der Waals surface area contributed by atoms with Gasteiger partial charge in [0, 0.05) is 25.3 Å². The maximum Gasteiger partial charge on any atom is 0.0668 e. The summed E-state index contributed by atoms with van der Waals surface area (Å²) in [5.41, 5.74) is 7.41. The third-order valence-corrected chi connectivity index (χ3v) is 3.18. The second-order valence-electron chi connectivity index (χ2n) is 4.36. The van der Waals surface area contributed by atoms with Crippen LogP contribution in [0.5, 0.6) is 0 Å². The third kappa shape index (κ3) is 1.92. The molecule has 1 aliphatic rings. The Balaban J connectivity index is 2.23. The molecule has 0 radical (unpaired) electrons. The van der Waals surface area contributed by atoms with Crippen molar-refractivity contribution in [1.29, 1.82) is 0 Å². The molecule has 0 aromatic carbocycles. The fourth-order valence-corrected chi connectivity index (χ4v) is 2.41. The number of rotatable bonds is 3. The number of hydrogen-bond acceptors (Lipinski definition) is 3. The molecular formula is C11H20N4. The Morgan fingerprint density at radius 2 is 2.40 bits per heavy atom. The van der Waals surface area contributed by atoms with Gasteiger partial charge in [-0.3, -0.25) is 9.58 Å². The zero-order chi connectivity index (χ0) is 10.8. The van der Waals surface area contributed by atoms with Gasteiger partial charge in [-0.1, -0.05) is 6.92 Å². The van der Waals surface area contributed by atoms with Gasteiger partial charge in [-0.2, -0.15) is 5.10 Å². The SMILES string of the molecule is CCCn1nccc1C1C(N)CCN1C. The van der Waals surface area contributed by atoms with Crippen LogP contribution >= 0.6 is 0 Å². The number of aromatic nitrogens is 2. The smallest absolute Gasteiger partial charge is 0.0668 e. The highest BCUT2D eigenvalue weighted by Crippen LogP contribution is 2.29. The first-order chi connectivity index (χ1) is 7.24. The van der Waals surface area contributed by atoms with E-state index in [1.807, 2.05) is 6.20 Å². The largest absolute Gasteiger partial charge is 0.326 e. The van der Waals surface area contributed by atoms with Gasteiger partial charge in [0.1, 0.15) is 0 Å². The molecule has 4 nitrogen and oxygen atoms in total. The molecule has 1 fully saturated rings. The van der Waals surface area contributed by atoms with E-state index in [2.05, 4.69) is 34.7 Å². The zero-order valence-corrected chi connectivity index (χ0v) is 9.56. The monoisotopic (exact) mass is 208 g/mol. The maximum absolute atomic E-state index is 6.14. The minimum atomic E-state index is 0.252. The number of likely N-dealkylation sites (N-methyl/N-ethyl adjacent to an activating group) is 1. The molecule has 15 heavy (non-hydrogen) atoms. The van der Waals surface area contributed by atoms with Crippen molar-refractivity contribution in [2.45, 2.75) is 38.4 Å². The lowest BCUT2D eigenvalue weighted by molar-refractivity contribution is 0.287. The molecule has 4 heteroatoms. The van der Waals surface area contributed by atoms with Crippen LogP contribution in [0.25, 0.3) is 0 Å². The molecule has 84 valence electrons. The molecule has 0 spiro atoms. The topological polar surface area (TPSA) is 47.1 Å². The summed E-state index contributed by atoms with van der Waals surface area (Å²) in [6, 6.07) is 2.70. The Hall–Kier alpha value is -0.870. The molecular weight excluding hydrogens is 188 g/mol. The second kappa shape index (κ2) is 4.33. The molecule has 0 aliphatic carbocycles. The average Bonchev–Trinajstić information content (AvgIpc) is 2.75. The van der Waals surface area contributed by atoms with Crippen molar-refractivity contribution < 1.29 is 0 Å². The van der Waals surface area contributed by atoms with Crippen molar-refractivity contribution in [3.05, 3.63) is 18.0 Å². The minimum Gasteiger partial charge on any atom is -0.326 e. The lowest BCUT2D eigenvalue weighted by Crippen LogP contribution is -2.31. The predicted molar refractivity (Wildman–Crippen MR) is 60.5 cm³/mol. The van der Waals surface area contributed by atoms with Crippen molar-refractivity contribution >= 4 is 0 Å². The van der Waals surface area contributed by atoms with Crippen molar-refractivity contribution in [2.75, 3.05) is 13.6 Å². The Kier molecular flexibility index (Phi) is 3.07. The Morgan fingerprint density at radius 1 is 1.60 bits per heavy atom. The van der Waals surface area contributed by atoms with Gasteiger partial charge in [0.2, 0.25) is 0 Å². The maximum atomic E-state index is 6.14. The van der Waals surface area contributed by atoms with Crippen LogP contribution in [0.3, 0.4) is 0 Å². The van der Waals surface area contributed by atoms with Crippen LogP contribution in [0.15, 0.2) is 12.3 Å². The Bertz CT molecular complexity index is 310. The molecule has 0 saturated carbocycles. The van der Waals surface area contributed by atoms with E-state index in [9.17, 15) is 0 Å². The third-order valence-electron chi connectivity index (χ3n) is 3.18. The van der Waals surface area contributed by atoms with E-state index in [1.54, 1.807) is 0 Å². The first-order valence-electron chi connectivity index (χ1n) is 5.71. The van der Waals surface area contributed by atoms with Gasteiger partial charge in [-0.05, 0) is 26.0 Å². The summed E-state index contributed by atoms with van der Waals surface area (Å²) in [5.74, 6) is 0. The van der Waals surface area contributed by atoms with Crippen molar-refractivity contribution in [3.63, 3.8) is 0 Å². The van der Waals surface area contributed by atoms with Gasteiger partial charge < -0.3 is 5.73 Å². The Labute approximate surface area is 91.1 Å².